The Balaban J connectivity index is 4.32. The van der Waals surface area contributed by atoms with E-state index in [9.17, 15) is 4.79 Å². The molecule has 0 aromatic heterocycles. The molecule has 0 aromatic rings. The highest BCUT2D eigenvalue weighted by Gasteiger charge is 2.17. The van der Waals surface area contributed by atoms with Crippen LogP contribution in [-0.2, 0) is 4.74 Å². The Morgan fingerprint density at radius 2 is 2.00 bits per heavy atom. The molecule has 0 radical (unpaired) electrons. The lowest BCUT2D eigenvalue weighted by Crippen LogP contribution is -2.48. The van der Waals surface area contributed by atoms with Gasteiger partial charge in [0.25, 0.3) is 0 Å². The number of unbranched alkanes of at least 4 members (excludes halogenated alkanes) is 1. The van der Waals surface area contributed by atoms with Gasteiger partial charge in [0.05, 0.1) is 0 Å². The van der Waals surface area contributed by atoms with Crippen molar-refractivity contribution in [2.75, 3.05) is 20.6 Å². The molecule has 0 saturated heterocycles. The second kappa shape index (κ2) is 9.44. The number of guanidine groups is 1. The van der Waals surface area contributed by atoms with Crippen LogP contribution in [0.1, 0.15) is 47.0 Å². The molecule has 1 amide bonds. The first-order chi connectivity index (χ1) is 9.32. The van der Waals surface area contributed by atoms with Crippen molar-refractivity contribution in [2.45, 2.75) is 58.6 Å². The van der Waals surface area contributed by atoms with Gasteiger partial charge in [-0.05, 0) is 27.2 Å². The Kier molecular flexibility index (Phi) is 8.76. The second-order valence-electron chi connectivity index (χ2n) is 5.69. The molecule has 0 heterocycles. The van der Waals surface area contributed by atoms with Gasteiger partial charge in [0.15, 0.2) is 5.96 Å². The van der Waals surface area contributed by atoms with Crippen molar-refractivity contribution in [2.24, 2.45) is 4.99 Å². The topological polar surface area (TPSA) is 74.8 Å². The van der Waals surface area contributed by atoms with Crippen molar-refractivity contribution in [3.05, 3.63) is 0 Å². The van der Waals surface area contributed by atoms with E-state index in [1.165, 1.54) is 0 Å². The molecule has 3 N–H and O–H groups in total. The Hall–Kier alpha value is -1.46. The van der Waals surface area contributed by atoms with Crippen LogP contribution in [0, 0.1) is 0 Å². The minimum atomic E-state index is -0.475. The SMILES string of the molecule is CCCCC(CNC(=O)OC(C)(C)C)NC(=NC)NC. The number of nitrogens with zero attached hydrogens (tertiary/aromatic N) is 1. The number of aliphatic imine (C=N–C) groups is 1. The summed E-state index contributed by atoms with van der Waals surface area (Å²) in [7, 11) is 3.53. The Morgan fingerprint density at radius 1 is 1.35 bits per heavy atom. The lowest BCUT2D eigenvalue weighted by molar-refractivity contribution is 0.0523. The van der Waals surface area contributed by atoms with Gasteiger partial charge in [0, 0.05) is 26.7 Å². The van der Waals surface area contributed by atoms with Gasteiger partial charge in [-0.25, -0.2) is 4.79 Å². The molecule has 1 unspecified atom stereocenters. The van der Waals surface area contributed by atoms with Gasteiger partial charge in [-0.15, -0.1) is 0 Å². The number of hydrogen-bond acceptors (Lipinski definition) is 3. The molecule has 0 saturated carbocycles. The van der Waals surface area contributed by atoms with E-state index < -0.39 is 5.60 Å². The largest absolute Gasteiger partial charge is 0.444 e. The lowest BCUT2D eigenvalue weighted by atomic mass is 10.1. The van der Waals surface area contributed by atoms with Gasteiger partial charge in [-0.2, -0.15) is 0 Å². The number of carbonyl (C=O) groups excluding carboxylic acids is 1. The molecule has 0 aliphatic carbocycles. The standard InChI is InChI=1S/C14H30N4O2/c1-7-8-9-11(18-12(15-5)16-6)10-17-13(19)20-14(2,3)4/h11H,7-10H2,1-6H3,(H,17,19)(H2,15,16,18). The van der Waals surface area contributed by atoms with Gasteiger partial charge in [0.2, 0.25) is 0 Å². The van der Waals surface area contributed by atoms with Gasteiger partial charge >= 0.3 is 6.09 Å². The Morgan fingerprint density at radius 3 is 2.45 bits per heavy atom. The van der Waals surface area contributed by atoms with Crippen molar-refractivity contribution < 1.29 is 9.53 Å². The zero-order chi connectivity index (χ0) is 15.6. The van der Waals surface area contributed by atoms with Crippen LogP contribution in [0.25, 0.3) is 0 Å². The van der Waals surface area contributed by atoms with Crippen LogP contribution < -0.4 is 16.0 Å². The van der Waals surface area contributed by atoms with Crippen LogP contribution in [0.15, 0.2) is 4.99 Å². The van der Waals surface area contributed by atoms with Gasteiger partial charge in [-0.1, -0.05) is 19.8 Å². The highest BCUT2D eigenvalue weighted by atomic mass is 16.6. The summed E-state index contributed by atoms with van der Waals surface area (Å²) < 4.78 is 5.23. The van der Waals surface area contributed by atoms with Crippen LogP contribution in [-0.4, -0.2) is 44.3 Å². The monoisotopic (exact) mass is 286 g/mol. The van der Waals surface area contributed by atoms with E-state index in [2.05, 4.69) is 27.9 Å². The van der Waals surface area contributed by atoms with Crippen LogP contribution in [0.3, 0.4) is 0 Å². The predicted molar refractivity (Wildman–Crippen MR) is 83.1 cm³/mol. The summed E-state index contributed by atoms with van der Waals surface area (Å²) in [5.74, 6) is 0.720. The first-order valence-electron chi connectivity index (χ1n) is 7.20. The van der Waals surface area contributed by atoms with Crippen molar-refractivity contribution in [1.82, 2.24) is 16.0 Å². The van der Waals surface area contributed by atoms with Crippen LogP contribution in [0.5, 0.6) is 0 Å². The molecule has 1 atom stereocenters. The fourth-order valence-electron chi connectivity index (χ4n) is 1.64. The highest BCUT2D eigenvalue weighted by Crippen LogP contribution is 2.06. The summed E-state index contributed by atoms with van der Waals surface area (Å²) in [6.45, 7) is 8.20. The Labute approximate surface area is 122 Å². The summed E-state index contributed by atoms with van der Waals surface area (Å²) >= 11 is 0. The molecule has 6 nitrogen and oxygen atoms in total. The van der Waals surface area contributed by atoms with Crippen molar-refractivity contribution in [3.8, 4) is 0 Å². The number of amides is 1. The summed E-state index contributed by atoms with van der Waals surface area (Å²) in [6, 6.07) is 0.133. The maximum Gasteiger partial charge on any atom is 0.407 e. The molecule has 118 valence electrons. The summed E-state index contributed by atoms with van der Waals surface area (Å²) in [4.78, 5) is 15.7. The van der Waals surface area contributed by atoms with Crippen molar-refractivity contribution >= 4 is 12.1 Å². The molecule has 0 aliphatic rings. The van der Waals surface area contributed by atoms with Crippen LogP contribution in [0.4, 0.5) is 4.79 Å². The molecule has 6 heteroatoms. The molecule has 0 spiro atoms. The average molecular weight is 286 g/mol. The zero-order valence-electron chi connectivity index (χ0n) is 13.7. The summed E-state index contributed by atoms with van der Waals surface area (Å²) in [6.07, 6.45) is 2.78. The molecular formula is C14H30N4O2. The summed E-state index contributed by atoms with van der Waals surface area (Å²) in [5.41, 5.74) is -0.475. The van der Waals surface area contributed by atoms with Crippen LogP contribution >= 0.6 is 0 Å². The molecule has 0 rings (SSSR count). The number of carbonyl (C=O) groups is 1. The van der Waals surface area contributed by atoms with E-state index >= 15 is 0 Å². The fraction of sp³-hybridized carbons (Fsp3) is 0.857. The molecular weight excluding hydrogens is 256 g/mol. The smallest absolute Gasteiger partial charge is 0.407 e. The van der Waals surface area contributed by atoms with E-state index in [0.717, 1.165) is 25.2 Å². The second-order valence-corrected chi connectivity index (χ2v) is 5.69. The maximum absolute atomic E-state index is 11.7. The maximum atomic E-state index is 11.7. The summed E-state index contributed by atoms with van der Waals surface area (Å²) in [5, 5.41) is 9.05. The number of alkyl carbamates (subject to hydrolysis) is 1. The van der Waals surface area contributed by atoms with E-state index in [-0.39, 0.29) is 12.1 Å². The molecule has 20 heavy (non-hydrogen) atoms. The third-order valence-electron chi connectivity index (χ3n) is 2.60. The normalized spacial score (nSPS) is 13.6. The number of rotatable bonds is 6. The third kappa shape index (κ3) is 9.47. The molecule has 0 fully saturated rings. The minimum absolute atomic E-state index is 0.133. The first kappa shape index (κ1) is 18.5. The van der Waals surface area contributed by atoms with Crippen molar-refractivity contribution in [1.29, 1.82) is 0 Å². The van der Waals surface area contributed by atoms with E-state index in [0.29, 0.717) is 6.54 Å². The van der Waals surface area contributed by atoms with Crippen molar-refractivity contribution in [3.63, 3.8) is 0 Å². The first-order valence-corrected chi connectivity index (χ1v) is 7.20. The predicted octanol–water partition coefficient (Wildman–Crippen LogP) is 1.86. The lowest BCUT2D eigenvalue weighted by Gasteiger charge is -2.23. The molecule has 0 aromatic carbocycles. The van der Waals surface area contributed by atoms with E-state index in [1.807, 2.05) is 27.8 Å². The third-order valence-corrected chi connectivity index (χ3v) is 2.60. The minimum Gasteiger partial charge on any atom is -0.444 e. The quantitative estimate of drug-likeness (QED) is 0.515. The number of hydrogen-bond donors (Lipinski definition) is 3. The average Bonchev–Trinajstić information content (AvgIpc) is 2.36. The number of ether oxygens (including phenoxy) is 1. The van der Waals surface area contributed by atoms with Crippen LogP contribution in [0.2, 0.25) is 0 Å². The Bertz CT molecular complexity index is 311. The zero-order valence-corrected chi connectivity index (χ0v) is 13.7. The molecule has 0 bridgehead atoms. The highest BCUT2D eigenvalue weighted by molar-refractivity contribution is 5.79. The van der Waals surface area contributed by atoms with Gasteiger partial charge in [0.1, 0.15) is 5.60 Å². The van der Waals surface area contributed by atoms with E-state index in [4.69, 9.17) is 4.74 Å². The van der Waals surface area contributed by atoms with E-state index in [1.54, 1.807) is 7.05 Å². The number of nitrogens with one attached hydrogen (secondary N) is 3. The van der Waals surface area contributed by atoms with Gasteiger partial charge in [-0.3, -0.25) is 4.99 Å². The fourth-order valence-corrected chi connectivity index (χ4v) is 1.64. The van der Waals surface area contributed by atoms with Gasteiger partial charge < -0.3 is 20.7 Å². The molecule has 0 aliphatic heterocycles.